The average molecular weight is 466 g/mol. The maximum Gasteiger partial charge on any atom is 0.311 e. The molecule has 9 nitrogen and oxygen atoms in total. The summed E-state index contributed by atoms with van der Waals surface area (Å²) in [7, 11) is 1.62. The Morgan fingerprint density at radius 2 is 1.42 bits per heavy atom. The molecule has 2 aromatic rings. The van der Waals surface area contributed by atoms with Gasteiger partial charge >= 0.3 is 11.9 Å². The largest absolute Gasteiger partial charge is 0.463 e. The third-order valence-corrected chi connectivity index (χ3v) is 4.68. The normalized spacial score (nSPS) is 11.3. The van der Waals surface area contributed by atoms with E-state index in [4.69, 9.17) is 28.4 Å². The van der Waals surface area contributed by atoms with Crippen LogP contribution >= 0.6 is 0 Å². The second-order valence-electron chi connectivity index (χ2n) is 7.56. The van der Waals surface area contributed by atoms with E-state index in [9.17, 15) is 9.59 Å². The van der Waals surface area contributed by atoms with Crippen molar-refractivity contribution in [1.82, 2.24) is 4.57 Å². The number of carbonyl (C=O) groups is 2. The fourth-order valence-corrected chi connectivity index (χ4v) is 3.01. The molecule has 1 heterocycles. The lowest BCUT2D eigenvalue weighted by molar-refractivity contribution is -0.148. The summed E-state index contributed by atoms with van der Waals surface area (Å²) in [6.45, 7) is 7.52. The lowest BCUT2D eigenvalue weighted by atomic mass is 10.2. The quantitative estimate of drug-likeness (QED) is 0.200. The Hall–Kier alpha value is -2.46. The molecule has 0 aliphatic carbocycles. The first kappa shape index (κ1) is 26.8. The number of fused-ring (bicyclic) bond motifs is 1. The van der Waals surface area contributed by atoms with Gasteiger partial charge in [-0.25, -0.2) is 0 Å². The molecule has 2 rings (SSSR count). The first-order valence-corrected chi connectivity index (χ1v) is 11.2. The number of carbonyl (C=O) groups excluding carboxylic acids is 2. The number of rotatable bonds is 17. The van der Waals surface area contributed by atoms with Crippen LogP contribution in [-0.2, 0) is 33.3 Å². The third-order valence-electron chi connectivity index (χ3n) is 4.68. The fourth-order valence-electron chi connectivity index (χ4n) is 3.01. The van der Waals surface area contributed by atoms with E-state index in [2.05, 4.69) is 18.4 Å². The first-order chi connectivity index (χ1) is 16.0. The Bertz CT molecular complexity index is 848. The molecule has 0 spiro atoms. The summed E-state index contributed by atoms with van der Waals surface area (Å²) in [5, 5.41) is 0.995. The van der Waals surface area contributed by atoms with E-state index in [-0.39, 0.29) is 26.1 Å². The summed E-state index contributed by atoms with van der Waals surface area (Å²) in [6.07, 6.45) is 1.91. The fraction of sp³-hybridized carbons (Fsp3) is 0.583. The monoisotopic (exact) mass is 465 g/mol. The van der Waals surface area contributed by atoms with Crippen molar-refractivity contribution >= 4 is 22.8 Å². The Balaban J connectivity index is 1.51. The minimum atomic E-state index is -0.478. The number of hydrogen-bond donors (Lipinski definition) is 0. The summed E-state index contributed by atoms with van der Waals surface area (Å²) in [4.78, 5) is 23.8. The van der Waals surface area contributed by atoms with E-state index in [0.29, 0.717) is 51.4 Å². The zero-order valence-corrected chi connectivity index (χ0v) is 19.7. The van der Waals surface area contributed by atoms with E-state index in [1.54, 1.807) is 13.2 Å². The predicted octanol–water partition coefficient (Wildman–Crippen LogP) is 3.15. The van der Waals surface area contributed by atoms with Crippen LogP contribution in [0.4, 0.5) is 0 Å². The van der Waals surface area contributed by atoms with Crippen LogP contribution in [0.1, 0.15) is 32.7 Å². The first-order valence-electron chi connectivity index (χ1n) is 11.2. The number of ether oxygens (including phenoxy) is 6. The van der Waals surface area contributed by atoms with Crippen LogP contribution in [0.15, 0.2) is 30.5 Å². The van der Waals surface area contributed by atoms with Gasteiger partial charge in [-0.15, -0.1) is 0 Å². The highest BCUT2D eigenvalue weighted by Crippen LogP contribution is 2.24. The van der Waals surface area contributed by atoms with Crippen molar-refractivity contribution in [2.24, 2.45) is 0 Å². The van der Waals surface area contributed by atoms with Crippen LogP contribution in [0.25, 0.3) is 10.9 Å². The molecule has 33 heavy (non-hydrogen) atoms. The molecular weight excluding hydrogens is 430 g/mol. The van der Waals surface area contributed by atoms with Gasteiger partial charge < -0.3 is 33.0 Å². The number of hydrogen-bond acceptors (Lipinski definition) is 8. The standard InChI is InChI=1S/C24H35NO8/c1-19(2)25-9-8-20-18-21(4-5-22(20)25)33-24(27)7-6-23(26)32-17-16-31-15-14-30-13-12-29-11-10-28-3/h4-5,8-9,18-19H,6-7,10-17H2,1-3H3. The van der Waals surface area contributed by atoms with Crippen LogP contribution in [0.2, 0.25) is 0 Å². The smallest absolute Gasteiger partial charge is 0.311 e. The lowest BCUT2D eigenvalue weighted by Gasteiger charge is -2.10. The number of nitrogens with zero attached hydrogens (tertiary/aromatic N) is 1. The lowest BCUT2D eigenvalue weighted by Crippen LogP contribution is -2.16. The van der Waals surface area contributed by atoms with Crippen molar-refractivity contribution in [3.8, 4) is 5.75 Å². The summed E-state index contributed by atoms with van der Waals surface area (Å²) in [5.74, 6) is -0.488. The highest BCUT2D eigenvalue weighted by molar-refractivity contribution is 5.84. The Morgan fingerprint density at radius 3 is 2.06 bits per heavy atom. The molecule has 1 aromatic heterocycles. The van der Waals surface area contributed by atoms with Crippen molar-refractivity contribution in [2.45, 2.75) is 32.7 Å². The molecule has 9 heteroatoms. The van der Waals surface area contributed by atoms with Crippen LogP contribution in [0.5, 0.6) is 5.75 Å². The maximum absolute atomic E-state index is 12.1. The van der Waals surface area contributed by atoms with Gasteiger partial charge in [0.25, 0.3) is 0 Å². The van der Waals surface area contributed by atoms with Gasteiger partial charge in [0, 0.05) is 30.3 Å². The number of benzene rings is 1. The van der Waals surface area contributed by atoms with Crippen LogP contribution < -0.4 is 4.74 Å². The molecule has 0 saturated carbocycles. The molecule has 0 bridgehead atoms. The van der Waals surface area contributed by atoms with Gasteiger partial charge in [0.2, 0.25) is 0 Å². The molecule has 0 aliphatic heterocycles. The molecule has 0 atom stereocenters. The molecule has 1 aromatic carbocycles. The van der Waals surface area contributed by atoms with Crippen LogP contribution in [0.3, 0.4) is 0 Å². The van der Waals surface area contributed by atoms with E-state index >= 15 is 0 Å². The molecule has 0 saturated heterocycles. The zero-order chi connectivity index (χ0) is 23.9. The van der Waals surface area contributed by atoms with Gasteiger partial charge in [-0.3, -0.25) is 9.59 Å². The molecule has 0 fully saturated rings. The maximum atomic E-state index is 12.1. The molecule has 0 radical (unpaired) electrons. The van der Waals surface area contributed by atoms with Crippen molar-refractivity contribution in [3.63, 3.8) is 0 Å². The highest BCUT2D eigenvalue weighted by Gasteiger charge is 2.12. The molecule has 0 aliphatic rings. The van der Waals surface area contributed by atoms with Gasteiger partial charge in [-0.2, -0.15) is 0 Å². The molecule has 184 valence electrons. The van der Waals surface area contributed by atoms with Gasteiger partial charge in [0.05, 0.1) is 59.1 Å². The van der Waals surface area contributed by atoms with Crippen LogP contribution in [0, 0.1) is 0 Å². The van der Waals surface area contributed by atoms with Gasteiger partial charge in [-0.05, 0) is 38.1 Å². The van der Waals surface area contributed by atoms with Gasteiger partial charge in [-0.1, -0.05) is 0 Å². The van der Waals surface area contributed by atoms with E-state index in [1.165, 1.54) is 0 Å². The van der Waals surface area contributed by atoms with E-state index in [1.807, 2.05) is 24.4 Å². The van der Waals surface area contributed by atoms with Crippen LogP contribution in [-0.4, -0.2) is 76.5 Å². The summed E-state index contributed by atoms with van der Waals surface area (Å²) < 4.78 is 33.4. The van der Waals surface area contributed by atoms with E-state index < -0.39 is 11.9 Å². The summed E-state index contributed by atoms with van der Waals surface area (Å²) in [6, 6.07) is 7.83. The molecule has 0 N–H and O–H groups in total. The van der Waals surface area contributed by atoms with Crippen molar-refractivity contribution in [2.75, 3.05) is 60.0 Å². The summed E-state index contributed by atoms with van der Waals surface area (Å²) in [5.41, 5.74) is 1.08. The van der Waals surface area contributed by atoms with E-state index in [0.717, 1.165) is 10.9 Å². The second-order valence-corrected chi connectivity index (χ2v) is 7.56. The number of aromatic nitrogens is 1. The second kappa shape index (κ2) is 15.4. The average Bonchev–Trinajstić information content (AvgIpc) is 3.22. The van der Waals surface area contributed by atoms with Crippen molar-refractivity contribution in [1.29, 1.82) is 0 Å². The number of esters is 2. The predicted molar refractivity (Wildman–Crippen MR) is 122 cm³/mol. The minimum Gasteiger partial charge on any atom is -0.463 e. The third kappa shape index (κ3) is 10.3. The van der Waals surface area contributed by atoms with Gasteiger partial charge in [0.1, 0.15) is 12.4 Å². The Morgan fingerprint density at radius 1 is 0.818 bits per heavy atom. The molecule has 0 amide bonds. The van der Waals surface area contributed by atoms with Crippen molar-refractivity contribution in [3.05, 3.63) is 30.5 Å². The number of methoxy groups -OCH3 is 1. The minimum absolute atomic E-state index is 0.0447. The Kier molecular flexibility index (Phi) is 12.5. The molecule has 0 unspecified atom stereocenters. The van der Waals surface area contributed by atoms with Crippen molar-refractivity contribution < 1.29 is 38.0 Å². The molecular formula is C24H35NO8. The highest BCUT2D eigenvalue weighted by atomic mass is 16.6. The SMILES string of the molecule is COCCOCCOCCOCCOC(=O)CCC(=O)Oc1ccc2c(ccn2C(C)C)c1. The van der Waals surface area contributed by atoms with Gasteiger partial charge in [0.15, 0.2) is 0 Å². The Labute approximate surface area is 194 Å². The summed E-state index contributed by atoms with van der Waals surface area (Å²) >= 11 is 0. The topological polar surface area (TPSA) is 94.5 Å². The zero-order valence-electron chi connectivity index (χ0n) is 19.7.